The van der Waals surface area contributed by atoms with Crippen molar-refractivity contribution in [3.05, 3.63) is 127 Å². The Morgan fingerprint density at radius 2 is 0.784 bits per heavy atom. The Balaban J connectivity index is 1.47. The third kappa shape index (κ3) is 4.99. The van der Waals surface area contributed by atoms with Crippen molar-refractivity contribution in [2.75, 3.05) is 0 Å². The Kier molecular flexibility index (Phi) is 6.19. The number of halogens is 1. The fraction of sp³-hybridized carbons (Fsp3) is 0. The van der Waals surface area contributed by atoms with E-state index in [4.69, 9.17) is 26.6 Å². The minimum atomic E-state index is 0.147. The summed E-state index contributed by atoms with van der Waals surface area (Å²) in [6, 6.07) is 39.8. The van der Waals surface area contributed by atoms with Crippen molar-refractivity contribution in [3.8, 4) is 56.7 Å². The molecule has 2 heterocycles. The lowest BCUT2D eigenvalue weighted by atomic mass is 10.0. The second-order valence-electron chi connectivity index (χ2n) is 8.39. The van der Waals surface area contributed by atoms with E-state index in [1.54, 1.807) is 0 Å². The largest absolute Gasteiger partial charge is 0.228 e. The van der Waals surface area contributed by atoms with Gasteiger partial charge in [-0.1, -0.05) is 109 Å². The lowest BCUT2D eigenvalue weighted by Gasteiger charge is -2.10. The van der Waals surface area contributed by atoms with Gasteiger partial charge in [0.25, 0.3) is 0 Å². The fourth-order valence-corrected chi connectivity index (χ4v) is 4.24. The van der Waals surface area contributed by atoms with Crippen molar-refractivity contribution in [1.29, 1.82) is 0 Å². The number of nitrogens with zero attached hydrogens (tertiary/aromatic N) is 5. The maximum atomic E-state index is 6.30. The average Bonchev–Trinajstić information content (AvgIpc) is 2.98. The van der Waals surface area contributed by atoms with E-state index < -0.39 is 0 Å². The van der Waals surface area contributed by atoms with Crippen molar-refractivity contribution in [3.63, 3.8) is 0 Å². The minimum Gasteiger partial charge on any atom is -0.228 e. The molecule has 4 aromatic carbocycles. The lowest BCUT2D eigenvalue weighted by Crippen LogP contribution is -1.98. The summed E-state index contributed by atoms with van der Waals surface area (Å²) in [7, 11) is 0. The molecule has 6 rings (SSSR count). The van der Waals surface area contributed by atoms with Gasteiger partial charge in [-0.25, -0.2) is 15.0 Å². The quantitative estimate of drug-likeness (QED) is 0.245. The van der Waals surface area contributed by atoms with Gasteiger partial charge in [0.2, 0.25) is 5.28 Å². The normalized spacial score (nSPS) is 10.8. The van der Waals surface area contributed by atoms with Crippen LogP contribution in [-0.4, -0.2) is 24.9 Å². The molecule has 2 aromatic heterocycles. The smallest absolute Gasteiger partial charge is 0.226 e. The third-order valence-electron chi connectivity index (χ3n) is 5.88. The molecule has 6 aromatic rings. The van der Waals surface area contributed by atoms with Gasteiger partial charge in [-0.05, 0) is 23.7 Å². The van der Waals surface area contributed by atoms with E-state index in [0.29, 0.717) is 17.5 Å². The highest BCUT2D eigenvalue weighted by Gasteiger charge is 2.13. The zero-order valence-corrected chi connectivity index (χ0v) is 20.4. The highest BCUT2D eigenvalue weighted by atomic mass is 35.5. The Morgan fingerprint density at radius 1 is 0.351 bits per heavy atom. The first-order chi connectivity index (χ1) is 18.2. The predicted molar refractivity (Wildman–Crippen MR) is 148 cm³/mol. The second-order valence-corrected chi connectivity index (χ2v) is 8.73. The molecule has 0 aliphatic heterocycles. The molecule has 176 valence electrons. The van der Waals surface area contributed by atoms with Gasteiger partial charge in [0, 0.05) is 27.8 Å². The van der Waals surface area contributed by atoms with Crippen molar-refractivity contribution in [2.24, 2.45) is 0 Å². The lowest BCUT2D eigenvalue weighted by molar-refractivity contribution is 1.07. The average molecular weight is 498 g/mol. The Labute approximate surface area is 219 Å². The molecule has 0 N–H and O–H groups in total. The van der Waals surface area contributed by atoms with Gasteiger partial charge in [0.05, 0.1) is 11.4 Å². The van der Waals surface area contributed by atoms with Gasteiger partial charge in [0.15, 0.2) is 17.5 Å². The SMILES string of the molecule is Clc1nc(-c2ccccc2)nc(-c2cccc(-c3cc(-c4ccccc4)nc(-c4ccccc4)n3)c2)n1. The molecule has 0 atom stereocenters. The summed E-state index contributed by atoms with van der Waals surface area (Å²) < 4.78 is 0. The minimum absolute atomic E-state index is 0.147. The zero-order chi connectivity index (χ0) is 25.0. The summed E-state index contributed by atoms with van der Waals surface area (Å²) in [5.41, 5.74) is 6.25. The van der Waals surface area contributed by atoms with E-state index in [2.05, 4.69) is 22.1 Å². The van der Waals surface area contributed by atoms with Crippen LogP contribution in [0.2, 0.25) is 5.28 Å². The number of benzene rings is 4. The predicted octanol–water partition coefficient (Wildman–Crippen LogP) is 7.65. The molecular formula is C31H20ClN5. The summed E-state index contributed by atoms with van der Waals surface area (Å²) in [5.74, 6) is 1.69. The summed E-state index contributed by atoms with van der Waals surface area (Å²) in [6.07, 6.45) is 0. The van der Waals surface area contributed by atoms with Crippen LogP contribution in [0.4, 0.5) is 0 Å². The first-order valence-electron chi connectivity index (χ1n) is 11.8. The summed E-state index contributed by atoms with van der Waals surface area (Å²) in [4.78, 5) is 23.2. The molecule has 0 saturated heterocycles. The highest BCUT2D eigenvalue weighted by molar-refractivity contribution is 6.28. The van der Waals surface area contributed by atoms with Gasteiger partial charge in [-0.2, -0.15) is 9.97 Å². The summed E-state index contributed by atoms with van der Waals surface area (Å²) in [6.45, 7) is 0. The monoisotopic (exact) mass is 497 g/mol. The fourth-order valence-electron chi connectivity index (χ4n) is 4.08. The molecule has 0 fully saturated rings. The Bertz CT molecular complexity index is 1620. The standard InChI is InChI=1S/C31H20ClN5/c32-31-36-29(23-15-8-3-9-16-23)35-30(37-31)25-18-10-17-24(19-25)27-20-26(21-11-4-1-5-12-21)33-28(34-27)22-13-6-2-7-14-22/h1-20H. The number of aromatic nitrogens is 5. The molecule has 0 radical (unpaired) electrons. The molecular weight excluding hydrogens is 478 g/mol. The molecule has 0 amide bonds. The van der Waals surface area contributed by atoms with Crippen molar-refractivity contribution in [1.82, 2.24) is 24.9 Å². The maximum absolute atomic E-state index is 6.30. The van der Waals surface area contributed by atoms with E-state index in [0.717, 1.165) is 39.2 Å². The van der Waals surface area contributed by atoms with Gasteiger partial charge in [0.1, 0.15) is 0 Å². The van der Waals surface area contributed by atoms with Gasteiger partial charge >= 0.3 is 0 Å². The highest BCUT2D eigenvalue weighted by Crippen LogP contribution is 2.30. The number of rotatable bonds is 5. The van der Waals surface area contributed by atoms with Crippen LogP contribution in [0.1, 0.15) is 0 Å². The van der Waals surface area contributed by atoms with Crippen LogP contribution in [0.5, 0.6) is 0 Å². The molecule has 0 bridgehead atoms. The third-order valence-corrected chi connectivity index (χ3v) is 6.05. The molecule has 37 heavy (non-hydrogen) atoms. The van der Waals surface area contributed by atoms with E-state index in [9.17, 15) is 0 Å². The second kappa shape index (κ2) is 10.1. The topological polar surface area (TPSA) is 64.5 Å². The van der Waals surface area contributed by atoms with Crippen molar-refractivity contribution < 1.29 is 0 Å². The zero-order valence-electron chi connectivity index (χ0n) is 19.7. The van der Waals surface area contributed by atoms with Crippen LogP contribution < -0.4 is 0 Å². The Hall–Kier alpha value is -4.74. The van der Waals surface area contributed by atoms with Crippen LogP contribution in [0.3, 0.4) is 0 Å². The van der Waals surface area contributed by atoms with Gasteiger partial charge < -0.3 is 0 Å². The van der Waals surface area contributed by atoms with Crippen molar-refractivity contribution >= 4 is 11.6 Å². The van der Waals surface area contributed by atoms with Crippen LogP contribution in [0.25, 0.3) is 56.7 Å². The van der Waals surface area contributed by atoms with E-state index in [1.165, 1.54) is 0 Å². The molecule has 0 unspecified atom stereocenters. The molecule has 0 aliphatic rings. The molecule has 5 nitrogen and oxygen atoms in total. The molecule has 0 saturated carbocycles. The summed E-state index contributed by atoms with van der Waals surface area (Å²) in [5, 5.41) is 0.147. The van der Waals surface area contributed by atoms with Crippen molar-refractivity contribution in [2.45, 2.75) is 0 Å². The first-order valence-corrected chi connectivity index (χ1v) is 12.2. The van der Waals surface area contributed by atoms with Gasteiger partial charge in [-0.3, -0.25) is 0 Å². The first kappa shape index (κ1) is 22.7. The van der Waals surface area contributed by atoms with Crippen LogP contribution in [0, 0.1) is 0 Å². The van der Waals surface area contributed by atoms with Crippen LogP contribution in [0.15, 0.2) is 121 Å². The van der Waals surface area contributed by atoms with Crippen LogP contribution in [-0.2, 0) is 0 Å². The van der Waals surface area contributed by atoms with E-state index >= 15 is 0 Å². The maximum Gasteiger partial charge on any atom is 0.226 e. The van der Waals surface area contributed by atoms with Gasteiger partial charge in [-0.15, -0.1) is 0 Å². The molecule has 0 aliphatic carbocycles. The van der Waals surface area contributed by atoms with E-state index in [1.807, 2.05) is 109 Å². The summed E-state index contributed by atoms with van der Waals surface area (Å²) >= 11 is 6.30. The Morgan fingerprint density at radius 3 is 1.38 bits per heavy atom. The van der Waals surface area contributed by atoms with Crippen LogP contribution >= 0.6 is 11.6 Å². The number of hydrogen-bond donors (Lipinski definition) is 0. The number of hydrogen-bond acceptors (Lipinski definition) is 5. The molecule has 0 spiro atoms. The van der Waals surface area contributed by atoms with E-state index in [-0.39, 0.29) is 5.28 Å². The molecule has 6 heteroatoms.